The molecule has 412 valence electrons. The number of aromatic nitrogens is 10. The average Bonchev–Trinajstić information content (AvgIpc) is 2.15. The van der Waals surface area contributed by atoms with Crippen molar-refractivity contribution in [3.8, 4) is 78.7 Å². The van der Waals surface area contributed by atoms with Gasteiger partial charge in [0.25, 0.3) is 0 Å². The predicted octanol–water partition coefficient (Wildman–Crippen LogP) is 18.8. The Morgan fingerprint density at radius 1 is 0.227 bits per heavy atom. The summed E-state index contributed by atoms with van der Waals surface area (Å²) in [5, 5.41) is 19.0. The van der Waals surface area contributed by atoms with Crippen LogP contribution in [0.4, 0.5) is 0 Å². The van der Waals surface area contributed by atoms with E-state index in [1.165, 1.54) is 65.2 Å². The fourth-order valence-corrected chi connectivity index (χ4v) is 12.6. The molecule has 0 aliphatic rings. The average molecular weight is 1130 g/mol. The van der Waals surface area contributed by atoms with E-state index in [1.807, 2.05) is 46.2 Å². The second kappa shape index (κ2) is 20.9. The van der Waals surface area contributed by atoms with E-state index in [-0.39, 0.29) is 0 Å². The number of benzene rings is 10. The Hall–Kier alpha value is -12.1. The first-order valence-corrected chi connectivity index (χ1v) is 29.4. The van der Waals surface area contributed by atoms with Crippen LogP contribution >= 0.6 is 0 Å². The third-order valence-corrected chi connectivity index (χ3v) is 17.1. The molecule has 0 unspecified atom stereocenters. The largest absolute Gasteiger partial charge is 0.309 e. The summed E-state index contributed by atoms with van der Waals surface area (Å²) in [6.07, 6.45) is 15.6. The van der Waals surface area contributed by atoms with Gasteiger partial charge in [-0.3, -0.25) is 0 Å². The zero-order valence-electron chi connectivity index (χ0n) is 47.3. The molecular formula is C78H50N10. The lowest BCUT2D eigenvalue weighted by atomic mass is 10.0. The summed E-state index contributed by atoms with van der Waals surface area (Å²) in [7, 11) is 0. The Bertz CT molecular complexity index is 5180. The van der Waals surface area contributed by atoms with Crippen LogP contribution in [0.3, 0.4) is 0 Å². The molecular weight excluding hydrogens is 1080 g/mol. The zero-order valence-corrected chi connectivity index (χ0v) is 47.3. The predicted molar refractivity (Wildman–Crippen MR) is 358 cm³/mol. The van der Waals surface area contributed by atoms with E-state index in [0.29, 0.717) is 11.6 Å². The van der Waals surface area contributed by atoms with Gasteiger partial charge in [0.1, 0.15) is 0 Å². The van der Waals surface area contributed by atoms with Crippen molar-refractivity contribution >= 4 is 76.2 Å². The molecule has 0 saturated carbocycles. The molecule has 8 aromatic heterocycles. The highest BCUT2D eigenvalue weighted by Crippen LogP contribution is 2.36. The van der Waals surface area contributed by atoms with Crippen LogP contribution in [0.15, 0.2) is 304 Å². The minimum atomic E-state index is 0.702. The van der Waals surface area contributed by atoms with E-state index in [2.05, 4.69) is 287 Å². The number of hydrogen-bond acceptors (Lipinski definition) is 6. The van der Waals surface area contributed by atoms with Crippen molar-refractivity contribution < 1.29 is 0 Å². The Morgan fingerprint density at radius 2 is 0.523 bits per heavy atom. The topological polar surface area (TPSA) is 96.0 Å². The summed E-state index contributed by atoms with van der Waals surface area (Å²) < 4.78 is 8.54. The molecule has 0 fully saturated rings. The van der Waals surface area contributed by atoms with Gasteiger partial charge in [0.05, 0.1) is 45.5 Å². The van der Waals surface area contributed by atoms with Crippen molar-refractivity contribution in [2.45, 2.75) is 0 Å². The van der Waals surface area contributed by atoms with Crippen LogP contribution in [-0.2, 0) is 0 Å². The van der Waals surface area contributed by atoms with Crippen molar-refractivity contribution in [2.75, 3.05) is 0 Å². The van der Waals surface area contributed by atoms with Gasteiger partial charge in [0.15, 0.2) is 11.6 Å². The van der Waals surface area contributed by atoms with Gasteiger partial charge in [-0.05, 0) is 106 Å². The van der Waals surface area contributed by atoms with Gasteiger partial charge in [-0.25, -0.2) is 29.0 Å². The lowest BCUT2D eigenvalue weighted by Gasteiger charge is -2.09. The number of fused-ring (bicyclic) bond motifs is 10. The molecule has 0 bridgehead atoms. The van der Waals surface area contributed by atoms with Gasteiger partial charge in [-0.2, -0.15) is 10.2 Å². The number of pyridine rings is 2. The van der Waals surface area contributed by atoms with E-state index in [9.17, 15) is 0 Å². The summed E-state index contributed by atoms with van der Waals surface area (Å²) in [5.41, 5.74) is 19.7. The van der Waals surface area contributed by atoms with E-state index in [0.717, 1.165) is 78.0 Å². The van der Waals surface area contributed by atoms with Gasteiger partial charge in [0, 0.05) is 114 Å². The Labute approximate surface area is 504 Å². The highest BCUT2D eigenvalue weighted by Gasteiger charge is 2.16. The normalized spacial score (nSPS) is 11.6. The van der Waals surface area contributed by atoms with E-state index in [4.69, 9.17) is 19.9 Å². The maximum Gasteiger partial charge on any atom is 0.159 e. The maximum absolute atomic E-state index is 4.73. The van der Waals surface area contributed by atoms with E-state index >= 15 is 0 Å². The number of para-hydroxylation sites is 4. The molecule has 10 aromatic carbocycles. The molecule has 10 heteroatoms. The van der Waals surface area contributed by atoms with Crippen LogP contribution in [0, 0.1) is 0 Å². The quantitative estimate of drug-likeness (QED) is 0.150. The SMILES string of the molecule is c1ccc2cn3ncc(-c4ccc(-c5cnc(-c6ccc(-n7c8ccccc8c8ccccc87)cc6)nc5)cc4)c3cc2c1.c1ccc2cn3ncc(-c4ccc(-c5ncc(-c6ccc(-n7c8ccccc8c8ccccc87)cc6)cn5)cc4)c3cc2c1. The highest BCUT2D eigenvalue weighted by molar-refractivity contribution is 6.10. The molecule has 0 atom stereocenters. The number of hydrogen-bond donors (Lipinski definition) is 0. The van der Waals surface area contributed by atoms with Crippen LogP contribution in [0.25, 0.3) is 155 Å². The van der Waals surface area contributed by atoms with Crippen LogP contribution in [-0.4, -0.2) is 48.3 Å². The Balaban J connectivity index is 0.000000137. The fourth-order valence-electron chi connectivity index (χ4n) is 12.6. The monoisotopic (exact) mass is 1130 g/mol. The first-order valence-electron chi connectivity index (χ1n) is 29.4. The number of rotatable bonds is 8. The summed E-state index contributed by atoms with van der Waals surface area (Å²) in [6.45, 7) is 0. The first-order chi connectivity index (χ1) is 43.6. The Kier molecular flexibility index (Phi) is 12.0. The Morgan fingerprint density at radius 3 is 0.898 bits per heavy atom. The van der Waals surface area contributed by atoms with Crippen molar-refractivity contribution in [2.24, 2.45) is 0 Å². The first kappa shape index (κ1) is 50.4. The van der Waals surface area contributed by atoms with Gasteiger partial charge in [-0.15, -0.1) is 0 Å². The van der Waals surface area contributed by atoms with E-state index in [1.54, 1.807) is 0 Å². The second-order valence-corrected chi connectivity index (χ2v) is 22.2. The molecule has 0 amide bonds. The molecule has 0 aliphatic heterocycles. The van der Waals surface area contributed by atoms with E-state index < -0.39 is 0 Å². The highest BCUT2D eigenvalue weighted by atomic mass is 15.2. The second-order valence-electron chi connectivity index (χ2n) is 22.2. The van der Waals surface area contributed by atoms with Gasteiger partial charge < -0.3 is 9.13 Å². The summed E-state index contributed by atoms with van der Waals surface area (Å²) in [5.74, 6) is 1.41. The zero-order chi connectivity index (χ0) is 58.1. The van der Waals surface area contributed by atoms with Crippen LogP contribution < -0.4 is 0 Å². The van der Waals surface area contributed by atoms with Crippen LogP contribution in [0.2, 0.25) is 0 Å². The smallest absolute Gasteiger partial charge is 0.159 e. The summed E-state index contributed by atoms with van der Waals surface area (Å²) >= 11 is 0. The standard InChI is InChI=1S/2C39H25N5/c1-2-8-30-25-43-38(21-29(30)7-1)35(24-42-43)27-13-15-28(16-14-27)39-40-22-31(23-41-39)26-17-19-32(20-18-26)44-36-11-5-3-9-33(36)34-10-4-6-12-37(34)44;1-2-8-30-25-43-38(21-29(30)7-1)35(24-42-43)27-15-13-26(14-16-27)31-22-40-39(41-23-31)28-17-19-32(20-18-28)44-36-11-5-3-9-33(36)34-10-4-6-12-37(34)44/h2*1-25H. The molecule has 0 spiro atoms. The molecule has 0 saturated heterocycles. The van der Waals surface area contributed by atoms with Crippen LogP contribution in [0.5, 0.6) is 0 Å². The van der Waals surface area contributed by atoms with Crippen molar-refractivity contribution in [3.63, 3.8) is 0 Å². The fraction of sp³-hybridized carbons (Fsp3) is 0. The molecule has 18 rings (SSSR count). The number of nitrogens with zero attached hydrogens (tertiary/aromatic N) is 10. The minimum Gasteiger partial charge on any atom is -0.309 e. The molecule has 18 aromatic rings. The van der Waals surface area contributed by atoms with Crippen molar-refractivity contribution in [1.82, 2.24) is 48.3 Å². The van der Waals surface area contributed by atoms with Gasteiger partial charge >= 0.3 is 0 Å². The summed E-state index contributed by atoms with van der Waals surface area (Å²) in [4.78, 5) is 18.9. The summed E-state index contributed by atoms with van der Waals surface area (Å²) in [6, 6.07) is 89.4. The molecule has 8 heterocycles. The van der Waals surface area contributed by atoms with Crippen molar-refractivity contribution in [1.29, 1.82) is 0 Å². The molecule has 0 N–H and O–H groups in total. The van der Waals surface area contributed by atoms with Crippen molar-refractivity contribution in [3.05, 3.63) is 304 Å². The minimum absolute atomic E-state index is 0.702. The molecule has 0 radical (unpaired) electrons. The van der Waals surface area contributed by atoms with Gasteiger partial charge in [-0.1, -0.05) is 182 Å². The molecule has 0 aliphatic carbocycles. The molecule has 88 heavy (non-hydrogen) atoms. The van der Waals surface area contributed by atoms with Gasteiger partial charge in [0.2, 0.25) is 0 Å². The third kappa shape index (κ3) is 8.74. The van der Waals surface area contributed by atoms with Crippen LogP contribution in [0.1, 0.15) is 0 Å². The molecule has 10 nitrogen and oxygen atoms in total. The lowest BCUT2D eigenvalue weighted by molar-refractivity contribution is 0.970. The lowest BCUT2D eigenvalue weighted by Crippen LogP contribution is -1.94. The third-order valence-electron chi connectivity index (χ3n) is 17.1. The maximum atomic E-state index is 4.73.